The van der Waals surface area contributed by atoms with Crippen LogP contribution in [-0.2, 0) is 17.3 Å². The van der Waals surface area contributed by atoms with E-state index in [-0.39, 0.29) is 6.04 Å². The average molecular weight is 303 g/mol. The Morgan fingerprint density at radius 1 is 1.14 bits per heavy atom. The van der Waals surface area contributed by atoms with Crippen LogP contribution >= 0.6 is 0 Å². The van der Waals surface area contributed by atoms with Gasteiger partial charge < -0.3 is 10.4 Å². The largest absolute Gasteiger partial charge is 0.508 e. The fraction of sp³-hybridized carbons (Fsp3) is 0.294. The molecule has 0 aromatic heterocycles. The second-order valence-corrected chi connectivity index (χ2v) is 6.38. The molecule has 0 heterocycles. The van der Waals surface area contributed by atoms with Crippen molar-refractivity contribution in [3.63, 3.8) is 0 Å². The van der Waals surface area contributed by atoms with Crippen molar-refractivity contribution < 1.29 is 9.32 Å². The Kier molecular flexibility index (Phi) is 5.53. The van der Waals surface area contributed by atoms with E-state index in [0.29, 0.717) is 12.3 Å². The number of nitrogens with one attached hydrogen (secondary N) is 1. The zero-order chi connectivity index (χ0) is 15.2. The summed E-state index contributed by atoms with van der Waals surface area (Å²) in [5.41, 5.74) is 2.06. The lowest BCUT2D eigenvalue weighted by Gasteiger charge is -2.18. The Bertz CT molecular complexity index is 610. The molecule has 2 atom stereocenters. The maximum Gasteiger partial charge on any atom is 0.120 e. The van der Waals surface area contributed by atoms with E-state index in [1.54, 1.807) is 12.3 Å². The van der Waals surface area contributed by atoms with Crippen LogP contribution in [-0.4, -0.2) is 15.6 Å². The highest BCUT2D eigenvalue weighted by atomic mass is 32.2. The summed E-state index contributed by atoms with van der Waals surface area (Å²) in [4.78, 5) is 0.839. The Labute approximate surface area is 128 Å². The lowest BCUT2D eigenvalue weighted by Crippen LogP contribution is -2.20. The summed E-state index contributed by atoms with van der Waals surface area (Å²) in [5.74, 6) is 0.327. The SMILES string of the molecule is CC[C@@H](NCc1ccc([S@](C)=O)cc1)c1ccccc1O. The second kappa shape index (κ2) is 7.38. The summed E-state index contributed by atoms with van der Waals surface area (Å²) in [6.45, 7) is 2.80. The summed E-state index contributed by atoms with van der Waals surface area (Å²) in [6, 6.07) is 15.3. The Morgan fingerprint density at radius 3 is 2.38 bits per heavy atom. The van der Waals surface area contributed by atoms with Gasteiger partial charge in [-0.1, -0.05) is 37.3 Å². The summed E-state index contributed by atoms with van der Waals surface area (Å²) in [6.07, 6.45) is 2.58. The van der Waals surface area contributed by atoms with Crippen LogP contribution in [0.15, 0.2) is 53.4 Å². The van der Waals surface area contributed by atoms with Gasteiger partial charge in [-0.15, -0.1) is 0 Å². The van der Waals surface area contributed by atoms with Gasteiger partial charge in [-0.05, 0) is 30.2 Å². The Balaban J connectivity index is 2.03. The standard InChI is InChI=1S/C17H21NO2S/c1-3-16(15-6-4-5-7-17(15)19)18-12-13-8-10-14(11-9-13)21(2)20/h4-11,16,18-19H,3,12H2,1-2H3/t16-,21+/m1/s1. The van der Waals surface area contributed by atoms with E-state index in [1.165, 1.54) is 0 Å². The third-order valence-corrected chi connectivity index (χ3v) is 4.46. The zero-order valence-corrected chi connectivity index (χ0v) is 13.2. The van der Waals surface area contributed by atoms with Crippen LogP contribution < -0.4 is 5.32 Å². The van der Waals surface area contributed by atoms with Crippen LogP contribution in [0.1, 0.15) is 30.5 Å². The van der Waals surface area contributed by atoms with Crippen molar-refractivity contribution in [1.82, 2.24) is 5.32 Å². The van der Waals surface area contributed by atoms with E-state index < -0.39 is 10.8 Å². The van der Waals surface area contributed by atoms with Crippen molar-refractivity contribution in [2.24, 2.45) is 0 Å². The molecule has 0 aliphatic rings. The highest BCUT2D eigenvalue weighted by molar-refractivity contribution is 7.84. The highest BCUT2D eigenvalue weighted by Gasteiger charge is 2.12. The summed E-state index contributed by atoms with van der Waals surface area (Å²) in [7, 11) is -0.938. The predicted molar refractivity (Wildman–Crippen MR) is 86.8 cm³/mol. The summed E-state index contributed by atoms with van der Waals surface area (Å²) >= 11 is 0. The first kappa shape index (κ1) is 15.7. The maximum atomic E-state index is 11.4. The molecule has 0 fully saturated rings. The van der Waals surface area contributed by atoms with Gasteiger partial charge in [0, 0.05) is 40.1 Å². The molecule has 0 radical (unpaired) electrons. The minimum Gasteiger partial charge on any atom is -0.508 e. The van der Waals surface area contributed by atoms with Gasteiger partial charge in [-0.25, -0.2) is 0 Å². The normalized spacial score (nSPS) is 13.8. The minimum absolute atomic E-state index is 0.117. The molecule has 21 heavy (non-hydrogen) atoms. The number of rotatable bonds is 6. The number of hydrogen-bond acceptors (Lipinski definition) is 3. The van der Waals surface area contributed by atoms with Crippen LogP contribution in [0.5, 0.6) is 5.75 Å². The van der Waals surface area contributed by atoms with E-state index in [9.17, 15) is 9.32 Å². The second-order valence-electron chi connectivity index (χ2n) is 5.00. The molecule has 3 nitrogen and oxygen atoms in total. The first-order valence-corrected chi connectivity index (χ1v) is 8.61. The molecule has 0 amide bonds. The van der Waals surface area contributed by atoms with E-state index in [1.807, 2.05) is 42.5 Å². The molecular formula is C17H21NO2S. The molecule has 112 valence electrons. The summed E-state index contributed by atoms with van der Waals surface area (Å²) < 4.78 is 11.4. The van der Waals surface area contributed by atoms with E-state index in [2.05, 4.69) is 12.2 Å². The molecule has 2 aromatic carbocycles. The van der Waals surface area contributed by atoms with Crippen LogP contribution in [0.3, 0.4) is 0 Å². The average Bonchev–Trinajstić information content (AvgIpc) is 2.50. The van der Waals surface area contributed by atoms with Gasteiger partial charge in [0.25, 0.3) is 0 Å². The molecule has 2 N–H and O–H groups in total. The van der Waals surface area contributed by atoms with Crippen LogP contribution in [0, 0.1) is 0 Å². The molecular weight excluding hydrogens is 282 g/mol. The molecule has 2 rings (SSSR count). The van der Waals surface area contributed by atoms with Crippen molar-refractivity contribution in [2.45, 2.75) is 30.8 Å². The monoisotopic (exact) mass is 303 g/mol. The summed E-state index contributed by atoms with van der Waals surface area (Å²) in [5, 5.41) is 13.4. The maximum absolute atomic E-state index is 11.4. The molecule has 0 unspecified atom stereocenters. The van der Waals surface area contributed by atoms with Crippen LogP contribution in [0.25, 0.3) is 0 Å². The van der Waals surface area contributed by atoms with Gasteiger partial charge in [0.1, 0.15) is 5.75 Å². The third-order valence-electron chi connectivity index (χ3n) is 3.53. The third kappa shape index (κ3) is 4.16. The molecule has 0 bridgehead atoms. The first-order chi connectivity index (χ1) is 10.1. The molecule has 0 aliphatic carbocycles. The number of phenolic OH excluding ortho intramolecular Hbond substituents is 1. The minimum atomic E-state index is -0.938. The van der Waals surface area contributed by atoms with Crippen molar-refractivity contribution in [3.8, 4) is 5.75 Å². The molecule has 0 spiro atoms. The molecule has 0 aliphatic heterocycles. The van der Waals surface area contributed by atoms with Gasteiger partial charge in [-0.2, -0.15) is 0 Å². The van der Waals surface area contributed by atoms with Gasteiger partial charge in [0.05, 0.1) is 0 Å². The van der Waals surface area contributed by atoms with Crippen molar-refractivity contribution in [1.29, 1.82) is 0 Å². The van der Waals surface area contributed by atoms with Gasteiger partial charge in [-0.3, -0.25) is 4.21 Å². The van der Waals surface area contributed by atoms with Gasteiger partial charge in [0.2, 0.25) is 0 Å². The fourth-order valence-corrected chi connectivity index (χ4v) is 2.82. The zero-order valence-electron chi connectivity index (χ0n) is 12.4. The number of benzene rings is 2. The van der Waals surface area contributed by atoms with Crippen LogP contribution in [0.2, 0.25) is 0 Å². The number of hydrogen-bond donors (Lipinski definition) is 2. The number of para-hydroxylation sites is 1. The van der Waals surface area contributed by atoms with E-state index >= 15 is 0 Å². The van der Waals surface area contributed by atoms with Crippen molar-refractivity contribution >= 4 is 10.8 Å². The Hall–Kier alpha value is -1.65. The van der Waals surface area contributed by atoms with Gasteiger partial charge in [0.15, 0.2) is 0 Å². The predicted octanol–water partition coefficient (Wildman–Crippen LogP) is 3.37. The number of aromatic hydroxyl groups is 1. The topological polar surface area (TPSA) is 49.3 Å². The molecule has 2 aromatic rings. The Morgan fingerprint density at radius 2 is 1.81 bits per heavy atom. The lowest BCUT2D eigenvalue weighted by atomic mass is 10.0. The smallest absolute Gasteiger partial charge is 0.120 e. The van der Waals surface area contributed by atoms with E-state index in [4.69, 9.17) is 0 Å². The highest BCUT2D eigenvalue weighted by Crippen LogP contribution is 2.26. The molecule has 0 saturated carbocycles. The van der Waals surface area contributed by atoms with Crippen LogP contribution in [0.4, 0.5) is 0 Å². The fourth-order valence-electron chi connectivity index (χ4n) is 2.30. The van der Waals surface area contributed by atoms with Crippen molar-refractivity contribution in [2.75, 3.05) is 6.26 Å². The first-order valence-electron chi connectivity index (χ1n) is 7.05. The van der Waals surface area contributed by atoms with Gasteiger partial charge >= 0.3 is 0 Å². The molecule has 0 saturated heterocycles. The number of phenols is 1. The van der Waals surface area contributed by atoms with Crippen molar-refractivity contribution in [3.05, 3.63) is 59.7 Å². The lowest BCUT2D eigenvalue weighted by molar-refractivity contribution is 0.441. The van der Waals surface area contributed by atoms with E-state index in [0.717, 1.165) is 22.4 Å². The molecule has 4 heteroatoms. The quantitative estimate of drug-likeness (QED) is 0.860.